The molecule has 0 saturated heterocycles. The van der Waals surface area contributed by atoms with E-state index >= 15 is 0 Å². The first-order valence-corrected chi connectivity index (χ1v) is 6.23. The lowest BCUT2D eigenvalue weighted by Crippen LogP contribution is -2.05. The second-order valence-electron chi connectivity index (χ2n) is 4.76. The summed E-state index contributed by atoms with van der Waals surface area (Å²) in [6.07, 6.45) is 0. The van der Waals surface area contributed by atoms with Gasteiger partial charge in [0.25, 0.3) is 0 Å². The molecule has 2 aromatic rings. The highest BCUT2D eigenvalue weighted by molar-refractivity contribution is 5.71. The van der Waals surface area contributed by atoms with Crippen LogP contribution in [0.5, 0.6) is 0 Å². The highest BCUT2D eigenvalue weighted by Gasteiger charge is 2.12. The van der Waals surface area contributed by atoms with Gasteiger partial charge >= 0.3 is 0 Å². The van der Waals surface area contributed by atoms with Crippen molar-refractivity contribution in [1.29, 1.82) is 0 Å². The van der Waals surface area contributed by atoms with Crippen LogP contribution in [0.25, 0.3) is 11.1 Å². The van der Waals surface area contributed by atoms with E-state index < -0.39 is 0 Å². The molecule has 0 heterocycles. The van der Waals surface area contributed by atoms with E-state index in [9.17, 15) is 8.78 Å². The number of rotatable bonds is 3. The van der Waals surface area contributed by atoms with E-state index in [4.69, 9.17) is 0 Å². The average molecular weight is 261 g/mol. The molecule has 0 radical (unpaired) electrons. The standard InChI is InChI=1S/C16H17F2N/c1-10-6-13(17)7-11(2)16(10)14-8-12(9-19-3)4-5-15(14)18/h4-8,19H,9H2,1-3H3. The Hall–Kier alpha value is -1.74. The molecule has 0 amide bonds. The van der Waals surface area contributed by atoms with Crippen molar-refractivity contribution >= 4 is 0 Å². The van der Waals surface area contributed by atoms with E-state index in [1.165, 1.54) is 18.2 Å². The minimum atomic E-state index is -0.287. The van der Waals surface area contributed by atoms with Crippen LogP contribution in [0.3, 0.4) is 0 Å². The van der Waals surface area contributed by atoms with Gasteiger partial charge in [-0.15, -0.1) is 0 Å². The Balaban J connectivity index is 2.61. The Labute approximate surface area is 112 Å². The predicted molar refractivity (Wildman–Crippen MR) is 74.0 cm³/mol. The van der Waals surface area contributed by atoms with Gasteiger partial charge in [0.05, 0.1) is 0 Å². The molecule has 19 heavy (non-hydrogen) atoms. The monoisotopic (exact) mass is 261 g/mol. The van der Waals surface area contributed by atoms with E-state index in [2.05, 4.69) is 5.32 Å². The summed E-state index contributed by atoms with van der Waals surface area (Å²) >= 11 is 0. The van der Waals surface area contributed by atoms with Gasteiger partial charge in [0, 0.05) is 12.1 Å². The van der Waals surface area contributed by atoms with Crippen molar-refractivity contribution in [3.8, 4) is 11.1 Å². The fourth-order valence-corrected chi connectivity index (χ4v) is 2.41. The van der Waals surface area contributed by atoms with Crippen LogP contribution in [0.4, 0.5) is 8.78 Å². The number of aryl methyl sites for hydroxylation is 2. The van der Waals surface area contributed by atoms with Gasteiger partial charge in [0.2, 0.25) is 0 Å². The maximum atomic E-state index is 14.0. The molecule has 0 saturated carbocycles. The lowest BCUT2D eigenvalue weighted by molar-refractivity contribution is 0.623. The first-order chi connectivity index (χ1) is 9.02. The van der Waals surface area contributed by atoms with Crippen LogP contribution < -0.4 is 5.32 Å². The van der Waals surface area contributed by atoms with Gasteiger partial charge in [-0.25, -0.2) is 8.78 Å². The summed E-state index contributed by atoms with van der Waals surface area (Å²) in [6, 6.07) is 7.91. The van der Waals surface area contributed by atoms with Crippen LogP contribution in [0.2, 0.25) is 0 Å². The first-order valence-electron chi connectivity index (χ1n) is 6.23. The molecule has 2 aromatic carbocycles. The molecule has 0 spiro atoms. The fraction of sp³-hybridized carbons (Fsp3) is 0.250. The van der Waals surface area contributed by atoms with Gasteiger partial charge in [-0.05, 0) is 67.4 Å². The van der Waals surface area contributed by atoms with Crippen molar-refractivity contribution in [3.63, 3.8) is 0 Å². The topological polar surface area (TPSA) is 12.0 Å². The number of hydrogen-bond donors (Lipinski definition) is 1. The highest BCUT2D eigenvalue weighted by atomic mass is 19.1. The molecule has 0 bridgehead atoms. The van der Waals surface area contributed by atoms with E-state index in [1.807, 2.05) is 13.1 Å². The second-order valence-corrected chi connectivity index (χ2v) is 4.76. The van der Waals surface area contributed by atoms with Crippen molar-refractivity contribution in [3.05, 3.63) is 58.7 Å². The summed E-state index contributed by atoms with van der Waals surface area (Å²) in [5, 5.41) is 3.04. The summed E-state index contributed by atoms with van der Waals surface area (Å²) < 4.78 is 27.4. The number of halogens is 2. The molecule has 2 rings (SSSR count). The zero-order valence-electron chi connectivity index (χ0n) is 11.3. The lowest BCUT2D eigenvalue weighted by Gasteiger charge is -2.13. The van der Waals surface area contributed by atoms with Crippen LogP contribution in [0, 0.1) is 25.5 Å². The molecule has 0 aliphatic heterocycles. The molecular weight excluding hydrogens is 244 g/mol. The largest absolute Gasteiger partial charge is 0.316 e. The minimum absolute atomic E-state index is 0.280. The number of nitrogens with one attached hydrogen (secondary N) is 1. The van der Waals surface area contributed by atoms with Crippen molar-refractivity contribution < 1.29 is 8.78 Å². The molecule has 1 nitrogen and oxygen atoms in total. The van der Waals surface area contributed by atoms with Crippen molar-refractivity contribution in [2.24, 2.45) is 0 Å². The zero-order valence-corrected chi connectivity index (χ0v) is 11.3. The summed E-state index contributed by atoms with van der Waals surface area (Å²) in [7, 11) is 1.84. The van der Waals surface area contributed by atoms with Gasteiger partial charge in [-0.3, -0.25) is 0 Å². The third kappa shape index (κ3) is 2.82. The summed E-state index contributed by atoms with van der Waals surface area (Å²) in [4.78, 5) is 0. The molecule has 0 fully saturated rings. The van der Waals surface area contributed by atoms with Crippen LogP contribution in [0.15, 0.2) is 30.3 Å². The van der Waals surface area contributed by atoms with E-state index in [-0.39, 0.29) is 11.6 Å². The zero-order chi connectivity index (χ0) is 14.0. The fourth-order valence-electron chi connectivity index (χ4n) is 2.41. The third-order valence-corrected chi connectivity index (χ3v) is 3.18. The maximum absolute atomic E-state index is 14.0. The highest BCUT2D eigenvalue weighted by Crippen LogP contribution is 2.31. The van der Waals surface area contributed by atoms with E-state index in [0.29, 0.717) is 12.1 Å². The quantitative estimate of drug-likeness (QED) is 0.881. The Kier molecular flexibility index (Phi) is 3.96. The normalized spacial score (nSPS) is 10.8. The van der Waals surface area contributed by atoms with Crippen LogP contribution in [-0.4, -0.2) is 7.05 Å². The molecule has 3 heteroatoms. The maximum Gasteiger partial charge on any atom is 0.131 e. The van der Waals surface area contributed by atoms with E-state index in [0.717, 1.165) is 22.3 Å². The lowest BCUT2D eigenvalue weighted by atomic mass is 9.94. The van der Waals surface area contributed by atoms with Crippen molar-refractivity contribution in [1.82, 2.24) is 5.32 Å². The minimum Gasteiger partial charge on any atom is -0.316 e. The molecule has 0 aliphatic rings. The van der Waals surface area contributed by atoms with Crippen LogP contribution in [-0.2, 0) is 6.54 Å². The summed E-state index contributed by atoms with van der Waals surface area (Å²) in [6.45, 7) is 4.28. The summed E-state index contributed by atoms with van der Waals surface area (Å²) in [5.41, 5.74) is 3.80. The van der Waals surface area contributed by atoms with Gasteiger partial charge in [0.15, 0.2) is 0 Å². The van der Waals surface area contributed by atoms with Crippen LogP contribution in [0.1, 0.15) is 16.7 Å². The molecule has 1 N–H and O–H groups in total. The molecule has 0 unspecified atom stereocenters. The number of hydrogen-bond acceptors (Lipinski definition) is 1. The van der Waals surface area contributed by atoms with Crippen molar-refractivity contribution in [2.45, 2.75) is 20.4 Å². The third-order valence-electron chi connectivity index (χ3n) is 3.18. The first kappa shape index (κ1) is 13.7. The smallest absolute Gasteiger partial charge is 0.131 e. The van der Waals surface area contributed by atoms with Crippen molar-refractivity contribution in [2.75, 3.05) is 7.05 Å². The molecule has 0 aliphatic carbocycles. The molecule has 0 atom stereocenters. The Morgan fingerprint density at radius 3 is 2.21 bits per heavy atom. The van der Waals surface area contributed by atoms with Crippen LogP contribution >= 0.6 is 0 Å². The molecular formula is C16H17F2N. The van der Waals surface area contributed by atoms with Gasteiger partial charge in [-0.2, -0.15) is 0 Å². The average Bonchev–Trinajstić information content (AvgIpc) is 2.32. The van der Waals surface area contributed by atoms with Gasteiger partial charge < -0.3 is 5.32 Å². The Bertz CT molecular complexity index is 583. The molecule has 0 aromatic heterocycles. The summed E-state index contributed by atoms with van der Waals surface area (Å²) in [5.74, 6) is -0.566. The SMILES string of the molecule is CNCc1ccc(F)c(-c2c(C)cc(F)cc2C)c1. The Morgan fingerprint density at radius 2 is 1.63 bits per heavy atom. The predicted octanol–water partition coefficient (Wildman–Crippen LogP) is 3.97. The molecule has 100 valence electrons. The number of benzene rings is 2. The second kappa shape index (κ2) is 5.49. The van der Waals surface area contributed by atoms with Gasteiger partial charge in [-0.1, -0.05) is 6.07 Å². The van der Waals surface area contributed by atoms with Gasteiger partial charge in [0.1, 0.15) is 11.6 Å². The Morgan fingerprint density at radius 1 is 1.00 bits per heavy atom. The van der Waals surface area contributed by atoms with E-state index in [1.54, 1.807) is 19.9 Å².